The number of anilines is 2. The molecule has 148 valence electrons. The first-order valence-electron chi connectivity index (χ1n) is 8.59. The van der Waals surface area contributed by atoms with Gasteiger partial charge in [0.15, 0.2) is 0 Å². The van der Waals surface area contributed by atoms with Crippen molar-refractivity contribution in [3.05, 3.63) is 75.6 Å². The summed E-state index contributed by atoms with van der Waals surface area (Å²) < 4.78 is 10.3. The Labute approximate surface area is 166 Å². The maximum absolute atomic E-state index is 11.7. The van der Waals surface area contributed by atoms with Crippen molar-refractivity contribution in [2.45, 2.75) is 13.8 Å². The number of nitro groups is 1. The average molecular weight is 394 g/mol. The minimum absolute atomic E-state index is 0.0327. The zero-order valence-electron chi connectivity index (χ0n) is 16.0. The molecule has 0 saturated carbocycles. The van der Waals surface area contributed by atoms with Gasteiger partial charge in [-0.25, -0.2) is 9.78 Å². The highest BCUT2D eigenvalue weighted by molar-refractivity contribution is 5.89. The van der Waals surface area contributed by atoms with E-state index in [0.717, 1.165) is 11.1 Å². The summed E-state index contributed by atoms with van der Waals surface area (Å²) in [6, 6.07) is 11.6. The van der Waals surface area contributed by atoms with Gasteiger partial charge in [0.05, 0.1) is 17.6 Å². The fraction of sp³-hybridized carbons (Fsp3) is 0.150. The van der Waals surface area contributed by atoms with E-state index in [1.165, 1.54) is 25.6 Å². The standard InChI is InChI=1S/C20H18N4O5/c1-12-4-9-16(10-13(12)2)29-19-17(24(26)27)18(21-11-22-19)23-15-7-5-14(6-8-15)20(25)28-3/h4-11H,1-3H3,(H,21,22,23). The van der Waals surface area contributed by atoms with Crippen LogP contribution in [0.2, 0.25) is 0 Å². The number of ether oxygens (including phenoxy) is 2. The number of rotatable bonds is 6. The lowest BCUT2D eigenvalue weighted by atomic mass is 10.1. The summed E-state index contributed by atoms with van der Waals surface area (Å²) in [6.45, 7) is 3.88. The van der Waals surface area contributed by atoms with Gasteiger partial charge in [0.2, 0.25) is 5.82 Å². The topological polar surface area (TPSA) is 116 Å². The van der Waals surface area contributed by atoms with E-state index >= 15 is 0 Å². The number of nitrogens with one attached hydrogen (secondary N) is 1. The van der Waals surface area contributed by atoms with Crippen LogP contribution in [0.5, 0.6) is 11.6 Å². The second-order valence-corrected chi connectivity index (χ2v) is 6.18. The van der Waals surface area contributed by atoms with Crippen molar-refractivity contribution in [3.8, 4) is 11.6 Å². The molecule has 1 N–H and O–H groups in total. The molecule has 1 aromatic heterocycles. The van der Waals surface area contributed by atoms with E-state index in [4.69, 9.17) is 4.74 Å². The van der Waals surface area contributed by atoms with Crippen LogP contribution in [-0.4, -0.2) is 28.0 Å². The van der Waals surface area contributed by atoms with Gasteiger partial charge in [-0.2, -0.15) is 4.98 Å². The average Bonchev–Trinajstić information content (AvgIpc) is 2.70. The molecule has 0 aliphatic heterocycles. The third kappa shape index (κ3) is 4.46. The summed E-state index contributed by atoms with van der Waals surface area (Å²) in [4.78, 5) is 30.5. The molecular weight excluding hydrogens is 376 g/mol. The zero-order valence-corrected chi connectivity index (χ0v) is 16.0. The van der Waals surface area contributed by atoms with Crippen molar-refractivity contribution in [1.29, 1.82) is 0 Å². The number of esters is 1. The Balaban J connectivity index is 1.91. The maximum Gasteiger partial charge on any atom is 0.373 e. The number of hydrogen-bond acceptors (Lipinski definition) is 8. The van der Waals surface area contributed by atoms with Crippen LogP contribution < -0.4 is 10.1 Å². The Morgan fingerprint density at radius 1 is 1.07 bits per heavy atom. The number of methoxy groups -OCH3 is 1. The molecule has 3 rings (SSSR count). The molecule has 9 nitrogen and oxygen atoms in total. The molecule has 0 saturated heterocycles. The molecule has 29 heavy (non-hydrogen) atoms. The SMILES string of the molecule is COC(=O)c1ccc(Nc2ncnc(Oc3ccc(C)c(C)c3)c2[N+](=O)[O-])cc1. The first kappa shape index (κ1) is 19.7. The predicted octanol–water partition coefficient (Wildman–Crippen LogP) is 4.32. The van der Waals surface area contributed by atoms with Crippen molar-refractivity contribution in [2.24, 2.45) is 0 Å². The lowest BCUT2D eigenvalue weighted by Crippen LogP contribution is -2.04. The molecule has 3 aromatic rings. The lowest BCUT2D eigenvalue weighted by Gasteiger charge is -2.10. The van der Waals surface area contributed by atoms with Crippen molar-refractivity contribution in [3.63, 3.8) is 0 Å². The molecule has 0 fully saturated rings. The van der Waals surface area contributed by atoms with Gasteiger partial charge in [-0.15, -0.1) is 0 Å². The van der Waals surface area contributed by atoms with Crippen molar-refractivity contribution >= 4 is 23.2 Å². The number of aromatic nitrogens is 2. The normalized spacial score (nSPS) is 10.3. The van der Waals surface area contributed by atoms with Crippen molar-refractivity contribution < 1.29 is 19.2 Å². The molecule has 0 bridgehead atoms. The first-order valence-corrected chi connectivity index (χ1v) is 8.59. The number of nitrogens with zero attached hydrogens (tertiary/aromatic N) is 3. The van der Waals surface area contributed by atoms with E-state index in [-0.39, 0.29) is 11.7 Å². The fourth-order valence-electron chi connectivity index (χ4n) is 2.53. The van der Waals surface area contributed by atoms with Crippen LogP contribution in [0.15, 0.2) is 48.8 Å². The van der Waals surface area contributed by atoms with E-state index in [0.29, 0.717) is 17.0 Å². The largest absolute Gasteiger partial charge is 0.465 e. The predicted molar refractivity (Wildman–Crippen MR) is 106 cm³/mol. The van der Waals surface area contributed by atoms with Gasteiger partial charge in [0.25, 0.3) is 0 Å². The monoisotopic (exact) mass is 394 g/mol. The Morgan fingerprint density at radius 3 is 2.41 bits per heavy atom. The van der Waals surface area contributed by atoms with Gasteiger partial charge in [-0.3, -0.25) is 10.1 Å². The molecule has 0 aliphatic carbocycles. The molecule has 0 unspecified atom stereocenters. The van der Waals surface area contributed by atoms with Crippen LogP contribution in [-0.2, 0) is 4.74 Å². The second kappa shape index (κ2) is 8.34. The van der Waals surface area contributed by atoms with E-state index < -0.39 is 16.6 Å². The molecule has 0 atom stereocenters. The minimum atomic E-state index is -0.610. The first-order chi connectivity index (χ1) is 13.9. The van der Waals surface area contributed by atoms with E-state index in [1.807, 2.05) is 19.9 Å². The summed E-state index contributed by atoms with van der Waals surface area (Å²) in [7, 11) is 1.29. The highest BCUT2D eigenvalue weighted by Gasteiger charge is 2.25. The number of carbonyl (C=O) groups is 1. The molecule has 2 aromatic carbocycles. The van der Waals surface area contributed by atoms with Crippen LogP contribution >= 0.6 is 0 Å². The highest BCUT2D eigenvalue weighted by Crippen LogP contribution is 2.35. The lowest BCUT2D eigenvalue weighted by molar-refractivity contribution is -0.385. The number of hydrogen-bond donors (Lipinski definition) is 1. The zero-order chi connectivity index (χ0) is 21.0. The van der Waals surface area contributed by atoms with Crippen LogP contribution in [0, 0.1) is 24.0 Å². The van der Waals surface area contributed by atoms with Gasteiger partial charge >= 0.3 is 17.5 Å². The third-order valence-corrected chi connectivity index (χ3v) is 4.23. The van der Waals surface area contributed by atoms with E-state index in [1.54, 1.807) is 24.3 Å². The van der Waals surface area contributed by atoms with Crippen molar-refractivity contribution in [2.75, 3.05) is 12.4 Å². The Kier molecular flexibility index (Phi) is 5.68. The van der Waals surface area contributed by atoms with Crippen LogP contribution in [0.25, 0.3) is 0 Å². The Hall–Kier alpha value is -4.01. The van der Waals surface area contributed by atoms with Crippen molar-refractivity contribution in [1.82, 2.24) is 9.97 Å². The van der Waals surface area contributed by atoms with Crippen LogP contribution in [0.4, 0.5) is 17.2 Å². The molecule has 0 aliphatic rings. The Morgan fingerprint density at radius 2 is 1.79 bits per heavy atom. The van der Waals surface area contributed by atoms with Gasteiger partial charge in [0.1, 0.15) is 12.1 Å². The number of carbonyl (C=O) groups excluding carboxylic acids is 1. The minimum Gasteiger partial charge on any atom is -0.465 e. The van der Waals surface area contributed by atoms with Crippen LogP contribution in [0.1, 0.15) is 21.5 Å². The van der Waals surface area contributed by atoms with E-state index in [9.17, 15) is 14.9 Å². The smallest absolute Gasteiger partial charge is 0.373 e. The third-order valence-electron chi connectivity index (χ3n) is 4.23. The molecule has 0 radical (unpaired) electrons. The van der Waals surface area contributed by atoms with Gasteiger partial charge < -0.3 is 14.8 Å². The van der Waals surface area contributed by atoms with Crippen LogP contribution in [0.3, 0.4) is 0 Å². The molecule has 9 heteroatoms. The van der Waals surface area contributed by atoms with Gasteiger partial charge in [-0.05, 0) is 61.4 Å². The summed E-state index contributed by atoms with van der Waals surface area (Å²) in [6.07, 6.45) is 1.18. The number of benzene rings is 2. The summed E-state index contributed by atoms with van der Waals surface area (Å²) in [5.74, 6) is -0.256. The van der Waals surface area contributed by atoms with Gasteiger partial charge in [-0.1, -0.05) is 6.07 Å². The quantitative estimate of drug-likeness (QED) is 0.373. The number of aryl methyl sites for hydroxylation is 2. The summed E-state index contributed by atoms with van der Waals surface area (Å²) in [5, 5.41) is 14.5. The summed E-state index contributed by atoms with van der Waals surface area (Å²) >= 11 is 0. The fourth-order valence-corrected chi connectivity index (χ4v) is 2.53. The highest BCUT2D eigenvalue weighted by atomic mass is 16.6. The second-order valence-electron chi connectivity index (χ2n) is 6.18. The van der Waals surface area contributed by atoms with Gasteiger partial charge in [0, 0.05) is 5.69 Å². The van der Waals surface area contributed by atoms with E-state index in [2.05, 4.69) is 20.0 Å². The molecular formula is C20H18N4O5. The summed E-state index contributed by atoms with van der Waals surface area (Å²) in [5.41, 5.74) is 2.52. The molecule has 0 amide bonds. The molecule has 0 spiro atoms. The Bertz CT molecular complexity index is 1070. The molecule has 1 heterocycles. The maximum atomic E-state index is 11.7.